The fraction of sp³-hybridized carbons (Fsp3) is 0.615. The number of aromatic nitrogens is 1. The van der Waals surface area contributed by atoms with Crippen LogP contribution in [0.2, 0.25) is 0 Å². The van der Waals surface area contributed by atoms with Crippen LogP contribution in [0.1, 0.15) is 18.9 Å². The quantitative estimate of drug-likeness (QED) is 0.755. The molecule has 1 aromatic heterocycles. The van der Waals surface area contributed by atoms with Crippen LogP contribution < -0.4 is 4.90 Å². The first kappa shape index (κ1) is 12.7. The molecule has 3 nitrogen and oxygen atoms in total. The second-order valence-electron chi connectivity index (χ2n) is 4.78. The first-order chi connectivity index (χ1) is 8.22. The van der Waals surface area contributed by atoms with Crippen LogP contribution in [-0.4, -0.2) is 42.6 Å². The van der Waals surface area contributed by atoms with Crippen LogP contribution in [-0.2, 0) is 5.88 Å². The Labute approximate surface area is 108 Å². The Hall–Kier alpha value is -0.800. The Morgan fingerprint density at radius 1 is 1.47 bits per heavy atom. The van der Waals surface area contributed by atoms with Crippen molar-refractivity contribution < 1.29 is 0 Å². The van der Waals surface area contributed by atoms with Gasteiger partial charge in [0.25, 0.3) is 0 Å². The highest BCUT2D eigenvalue weighted by atomic mass is 35.5. The SMILES string of the molecule is CC1CN(C)CCCN1c1ncccc1CCl. The van der Waals surface area contributed by atoms with E-state index in [2.05, 4.69) is 34.8 Å². The normalized spacial score (nSPS) is 22.5. The molecule has 2 rings (SSSR count). The summed E-state index contributed by atoms with van der Waals surface area (Å²) in [6.07, 6.45) is 3.03. The lowest BCUT2D eigenvalue weighted by Gasteiger charge is -2.30. The van der Waals surface area contributed by atoms with Crippen molar-refractivity contribution in [1.29, 1.82) is 0 Å². The zero-order valence-electron chi connectivity index (χ0n) is 10.6. The summed E-state index contributed by atoms with van der Waals surface area (Å²) in [5, 5.41) is 0. The maximum absolute atomic E-state index is 5.99. The molecule has 0 radical (unpaired) electrons. The van der Waals surface area contributed by atoms with E-state index in [1.54, 1.807) is 0 Å². The second-order valence-corrected chi connectivity index (χ2v) is 5.05. The van der Waals surface area contributed by atoms with Gasteiger partial charge < -0.3 is 9.80 Å². The maximum Gasteiger partial charge on any atom is 0.133 e. The minimum Gasteiger partial charge on any atom is -0.352 e. The van der Waals surface area contributed by atoms with Gasteiger partial charge in [-0.2, -0.15) is 0 Å². The molecule has 94 valence electrons. The highest BCUT2D eigenvalue weighted by Crippen LogP contribution is 2.23. The topological polar surface area (TPSA) is 19.4 Å². The summed E-state index contributed by atoms with van der Waals surface area (Å²) >= 11 is 5.99. The monoisotopic (exact) mass is 253 g/mol. The third kappa shape index (κ3) is 2.90. The molecule has 1 aliphatic rings. The van der Waals surface area contributed by atoms with E-state index in [0.717, 1.165) is 31.0 Å². The van der Waals surface area contributed by atoms with Crippen molar-refractivity contribution in [2.45, 2.75) is 25.3 Å². The van der Waals surface area contributed by atoms with E-state index >= 15 is 0 Å². The van der Waals surface area contributed by atoms with Crippen LogP contribution in [0.5, 0.6) is 0 Å². The third-order valence-corrected chi connectivity index (χ3v) is 3.62. The zero-order chi connectivity index (χ0) is 12.3. The summed E-state index contributed by atoms with van der Waals surface area (Å²) in [5.41, 5.74) is 1.13. The molecule has 1 aromatic rings. The molecular formula is C13H20ClN3. The van der Waals surface area contributed by atoms with Crippen molar-refractivity contribution in [2.75, 3.05) is 31.6 Å². The first-order valence-electron chi connectivity index (χ1n) is 6.17. The molecule has 1 saturated heterocycles. The fourth-order valence-electron chi connectivity index (χ4n) is 2.48. The van der Waals surface area contributed by atoms with E-state index in [0.29, 0.717) is 11.9 Å². The van der Waals surface area contributed by atoms with Gasteiger partial charge in [0.1, 0.15) is 5.82 Å². The van der Waals surface area contributed by atoms with Crippen LogP contribution in [0.4, 0.5) is 5.82 Å². The van der Waals surface area contributed by atoms with E-state index in [9.17, 15) is 0 Å². The zero-order valence-corrected chi connectivity index (χ0v) is 11.3. The van der Waals surface area contributed by atoms with E-state index in [1.165, 1.54) is 6.42 Å². The first-order valence-corrected chi connectivity index (χ1v) is 6.71. The molecule has 17 heavy (non-hydrogen) atoms. The smallest absolute Gasteiger partial charge is 0.133 e. The van der Waals surface area contributed by atoms with Crippen LogP contribution >= 0.6 is 11.6 Å². The summed E-state index contributed by atoms with van der Waals surface area (Å²) in [5.74, 6) is 1.59. The van der Waals surface area contributed by atoms with Crippen molar-refractivity contribution in [3.8, 4) is 0 Å². The molecule has 4 heteroatoms. The van der Waals surface area contributed by atoms with Crippen molar-refractivity contribution in [1.82, 2.24) is 9.88 Å². The molecule has 0 aliphatic carbocycles. The summed E-state index contributed by atoms with van der Waals surface area (Å²) in [7, 11) is 2.18. The Balaban J connectivity index is 2.25. The predicted octanol–water partition coefficient (Wildman–Crippen LogP) is 2.35. The summed E-state index contributed by atoms with van der Waals surface area (Å²) in [6, 6.07) is 4.51. The standard InChI is InChI=1S/C13H20ClN3/c1-11-10-16(2)7-4-8-17(11)13-12(9-14)5-3-6-15-13/h3,5-6,11H,4,7-10H2,1-2H3. The molecule has 1 unspecified atom stereocenters. The predicted molar refractivity (Wildman–Crippen MR) is 72.7 cm³/mol. The Kier molecular flexibility index (Phi) is 4.24. The molecule has 1 atom stereocenters. The lowest BCUT2D eigenvalue weighted by molar-refractivity contribution is 0.337. The Morgan fingerprint density at radius 3 is 3.06 bits per heavy atom. The number of nitrogens with zero attached hydrogens (tertiary/aromatic N) is 3. The molecule has 0 bridgehead atoms. The molecule has 1 aliphatic heterocycles. The number of pyridine rings is 1. The fourth-order valence-corrected chi connectivity index (χ4v) is 2.69. The van der Waals surface area contributed by atoms with Crippen LogP contribution in [0.3, 0.4) is 0 Å². The Bertz CT molecular complexity index is 369. The molecule has 1 fully saturated rings. The number of anilines is 1. The number of hydrogen-bond acceptors (Lipinski definition) is 3. The minimum absolute atomic E-state index is 0.486. The largest absolute Gasteiger partial charge is 0.352 e. The van der Waals surface area contributed by atoms with Crippen LogP contribution in [0, 0.1) is 0 Å². The van der Waals surface area contributed by atoms with E-state index in [-0.39, 0.29) is 0 Å². The molecule has 2 heterocycles. The number of hydrogen-bond donors (Lipinski definition) is 0. The number of alkyl halides is 1. The second kappa shape index (κ2) is 5.69. The van der Waals surface area contributed by atoms with E-state index in [4.69, 9.17) is 11.6 Å². The van der Waals surface area contributed by atoms with Gasteiger partial charge in [-0.1, -0.05) is 6.07 Å². The summed E-state index contributed by atoms with van der Waals surface area (Å²) in [6.45, 7) is 5.56. The lowest BCUT2D eigenvalue weighted by atomic mass is 10.2. The van der Waals surface area contributed by atoms with Gasteiger partial charge in [-0.25, -0.2) is 4.98 Å². The molecule has 0 aromatic carbocycles. The Morgan fingerprint density at radius 2 is 2.29 bits per heavy atom. The van der Waals surface area contributed by atoms with Gasteiger partial charge in [0.05, 0.1) is 5.88 Å². The van der Waals surface area contributed by atoms with Crippen LogP contribution in [0.25, 0.3) is 0 Å². The number of halogens is 1. The van der Waals surface area contributed by atoms with Crippen molar-refractivity contribution in [3.05, 3.63) is 23.9 Å². The maximum atomic E-state index is 5.99. The molecule has 0 N–H and O–H groups in total. The molecule has 0 saturated carbocycles. The van der Waals surface area contributed by atoms with Gasteiger partial charge in [0.2, 0.25) is 0 Å². The average molecular weight is 254 g/mol. The van der Waals surface area contributed by atoms with Gasteiger partial charge in [-0.3, -0.25) is 0 Å². The highest BCUT2D eigenvalue weighted by Gasteiger charge is 2.22. The average Bonchev–Trinajstić information content (AvgIpc) is 2.50. The lowest BCUT2D eigenvalue weighted by Crippen LogP contribution is -2.38. The molecule has 0 amide bonds. The highest BCUT2D eigenvalue weighted by molar-refractivity contribution is 6.17. The van der Waals surface area contributed by atoms with Gasteiger partial charge >= 0.3 is 0 Å². The van der Waals surface area contributed by atoms with Crippen molar-refractivity contribution >= 4 is 17.4 Å². The third-order valence-electron chi connectivity index (χ3n) is 3.33. The minimum atomic E-state index is 0.486. The number of likely N-dealkylation sites (N-methyl/N-ethyl adjacent to an activating group) is 1. The van der Waals surface area contributed by atoms with Crippen molar-refractivity contribution in [3.63, 3.8) is 0 Å². The number of rotatable bonds is 2. The summed E-state index contributed by atoms with van der Waals surface area (Å²) < 4.78 is 0. The molecular weight excluding hydrogens is 234 g/mol. The van der Waals surface area contributed by atoms with E-state index < -0.39 is 0 Å². The summed E-state index contributed by atoms with van der Waals surface area (Å²) in [4.78, 5) is 9.29. The van der Waals surface area contributed by atoms with Crippen molar-refractivity contribution in [2.24, 2.45) is 0 Å². The van der Waals surface area contributed by atoms with Crippen LogP contribution in [0.15, 0.2) is 18.3 Å². The van der Waals surface area contributed by atoms with Gasteiger partial charge in [-0.05, 0) is 33.0 Å². The van der Waals surface area contributed by atoms with E-state index in [1.807, 2.05) is 12.3 Å². The van der Waals surface area contributed by atoms with Gasteiger partial charge in [0.15, 0.2) is 0 Å². The van der Waals surface area contributed by atoms with Gasteiger partial charge in [0, 0.05) is 30.9 Å². The molecule has 0 spiro atoms. The van der Waals surface area contributed by atoms with Gasteiger partial charge in [-0.15, -0.1) is 11.6 Å².